The van der Waals surface area contributed by atoms with Gasteiger partial charge in [-0.25, -0.2) is 4.98 Å². The fraction of sp³-hybridized carbons (Fsp3) is 0.600. The lowest BCUT2D eigenvalue weighted by Crippen LogP contribution is -2.38. The van der Waals surface area contributed by atoms with Gasteiger partial charge in [-0.3, -0.25) is 4.79 Å². The van der Waals surface area contributed by atoms with E-state index in [2.05, 4.69) is 10.3 Å². The van der Waals surface area contributed by atoms with Crippen LogP contribution in [0.5, 0.6) is 0 Å². The average Bonchev–Trinajstić information content (AvgIpc) is 2.46. The zero-order valence-electron chi connectivity index (χ0n) is 12.1. The van der Waals surface area contributed by atoms with Crippen LogP contribution in [-0.2, 0) is 0 Å². The Morgan fingerprint density at radius 2 is 2.00 bits per heavy atom. The Hall–Kier alpha value is -1.58. The number of aromatic nitrogens is 1. The topological polar surface area (TPSA) is 45.2 Å². The molecule has 0 radical (unpaired) electrons. The number of amides is 1. The number of rotatable bonds is 3. The molecule has 0 aliphatic heterocycles. The van der Waals surface area contributed by atoms with E-state index in [1.165, 1.54) is 19.3 Å². The Morgan fingerprint density at radius 3 is 2.63 bits per heavy atom. The molecule has 0 atom stereocenters. The summed E-state index contributed by atoms with van der Waals surface area (Å²) in [5.41, 5.74) is 1.59. The number of hydrogen-bond donors (Lipinski definition) is 1. The molecule has 4 heteroatoms. The van der Waals surface area contributed by atoms with Crippen molar-refractivity contribution in [3.63, 3.8) is 0 Å². The first-order valence-electron chi connectivity index (χ1n) is 7.05. The summed E-state index contributed by atoms with van der Waals surface area (Å²) in [6, 6.07) is 4.09. The molecule has 0 aromatic carbocycles. The SMILES string of the molecule is CNc1cc(C(=O)N(C)C2CCCCC2)cc(C)n1. The molecule has 2 rings (SSSR count). The molecular weight excluding hydrogens is 238 g/mol. The highest BCUT2D eigenvalue weighted by Gasteiger charge is 2.23. The number of aryl methyl sites for hydroxylation is 1. The fourth-order valence-electron chi connectivity index (χ4n) is 2.76. The molecule has 104 valence electrons. The van der Waals surface area contributed by atoms with Crippen LogP contribution in [-0.4, -0.2) is 35.9 Å². The van der Waals surface area contributed by atoms with Crippen LogP contribution in [0.25, 0.3) is 0 Å². The van der Waals surface area contributed by atoms with Gasteiger partial charge in [-0.15, -0.1) is 0 Å². The number of carbonyl (C=O) groups excluding carboxylic acids is 1. The van der Waals surface area contributed by atoms with Gasteiger partial charge in [-0.2, -0.15) is 0 Å². The molecule has 1 heterocycles. The van der Waals surface area contributed by atoms with Crippen molar-refractivity contribution in [3.05, 3.63) is 23.4 Å². The smallest absolute Gasteiger partial charge is 0.254 e. The monoisotopic (exact) mass is 261 g/mol. The molecule has 1 aliphatic carbocycles. The Labute approximate surface area is 115 Å². The van der Waals surface area contributed by atoms with E-state index in [1.54, 1.807) is 0 Å². The third kappa shape index (κ3) is 3.25. The Morgan fingerprint density at radius 1 is 1.32 bits per heavy atom. The minimum absolute atomic E-state index is 0.105. The Kier molecular flexibility index (Phi) is 4.40. The predicted octanol–water partition coefficient (Wildman–Crippen LogP) is 2.84. The third-order valence-corrected chi connectivity index (χ3v) is 3.90. The number of hydrogen-bond acceptors (Lipinski definition) is 3. The normalized spacial score (nSPS) is 16.2. The van der Waals surface area contributed by atoms with E-state index < -0.39 is 0 Å². The maximum absolute atomic E-state index is 12.5. The standard InChI is InChI=1S/C15H23N3O/c1-11-9-12(10-14(16-2)17-11)15(19)18(3)13-7-5-4-6-8-13/h9-10,13H,4-8H2,1-3H3,(H,16,17). The van der Waals surface area contributed by atoms with Crippen LogP contribution < -0.4 is 5.32 Å². The van der Waals surface area contributed by atoms with Crippen molar-refractivity contribution in [2.45, 2.75) is 45.1 Å². The van der Waals surface area contributed by atoms with Gasteiger partial charge in [0.05, 0.1) is 0 Å². The third-order valence-electron chi connectivity index (χ3n) is 3.90. The quantitative estimate of drug-likeness (QED) is 0.910. The largest absolute Gasteiger partial charge is 0.373 e. The van der Waals surface area contributed by atoms with E-state index >= 15 is 0 Å². The summed E-state index contributed by atoms with van der Waals surface area (Å²) >= 11 is 0. The molecule has 1 aromatic rings. The van der Waals surface area contributed by atoms with Gasteiger partial charge < -0.3 is 10.2 Å². The molecule has 0 bridgehead atoms. The summed E-state index contributed by atoms with van der Waals surface area (Å²) in [5.74, 6) is 0.856. The number of nitrogens with zero attached hydrogens (tertiary/aromatic N) is 2. The van der Waals surface area contributed by atoms with Gasteiger partial charge in [0.25, 0.3) is 5.91 Å². The van der Waals surface area contributed by atoms with Crippen molar-refractivity contribution in [2.24, 2.45) is 0 Å². The number of pyridine rings is 1. The summed E-state index contributed by atoms with van der Waals surface area (Å²) in [6.45, 7) is 1.91. The second kappa shape index (κ2) is 6.04. The van der Waals surface area contributed by atoms with E-state index in [0.29, 0.717) is 6.04 Å². The van der Waals surface area contributed by atoms with E-state index in [4.69, 9.17) is 0 Å². The van der Waals surface area contributed by atoms with Gasteiger partial charge in [-0.1, -0.05) is 19.3 Å². The van der Waals surface area contributed by atoms with Crippen LogP contribution in [0.4, 0.5) is 5.82 Å². The maximum atomic E-state index is 12.5. The summed E-state index contributed by atoms with van der Waals surface area (Å²) in [7, 11) is 3.74. The number of carbonyl (C=O) groups is 1. The van der Waals surface area contributed by atoms with Crippen molar-refractivity contribution in [1.82, 2.24) is 9.88 Å². The van der Waals surface area contributed by atoms with Gasteiger partial charge in [-0.05, 0) is 31.9 Å². The minimum Gasteiger partial charge on any atom is -0.373 e. The van der Waals surface area contributed by atoms with Crippen molar-refractivity contribution in [2.75, 3.05) is 19.4 Å². The molecule has 0 spiro atoms. The molecular formula is C15H23N3O. The molecule has 1 aromatic heterocycles. The van der Waals surface area contributed by atoms with Crippen molar-refractivity contribution >= 4 is 11.7 Å². The zero-order valence-corrected chi connectivity index (χ0v) is 12.1. The molecule has 4 nitrogen and oxygen atoms in total. The second-order valence-electron chi connectivity index (χ2n) is 5.34. The van der Waals surface area contributed by atoms with Crippen LogP contribution in [0.1, 0.15) is 48.2 Å². The summed E-state index contributed by atoms with van der Waals surface area (Å²) in [6.07, 6.45) is 6.03. The lowest BCUT2D eigenvalue weighted by atomic mass is 9.94. The molecule has 1 aliphatic rings. The minimum atomic E-state index is 0.105. The first kappa shape index (κ1) is 13.8. The van der Waals surface area contributed by atoms with Crippen LogP contribution in [0.2, 0.25) is 0 Å². The summed E-state index contributed by atoms with van der Waals surface area (Å²) < 4.78 is 0. The Bertz CT molecular complexity index is 453. The molecule has 1 fully saturated rings. The van der Waals surface area contributed by atoms with Crippen LogP contribution in [0.3, 0.4) is 0 Å². The van der Waals surface area contributed by atoms with E-state index in [0.717, 1.165) is 29.9 Å². The van der Waals surface area contributed by atoms with Crippen LogP contribution in [0, 0.1) is 6.92 Å². The van der Waals surface area contributed by atoms with Gasteiger partial charge in [0.1, 0.15) is 5.82 Å². The summed E-state index contributed by atoms with van der Waals surface area (Å²) in [4.78, 5) is 18.8. The number of anilines is 1. The van der Waals surface area contributed by atoms with Crippen molar-refractivity contribution in [3.8, 4) is 0 Å². The van der Waals surface area contributed by atoms with Crippen LogP contribution in [0.15, 0.2) is 12.1 Å². The second-order valence-corrected chi connectivity index (χ2v) is 5.34. The molecule has 1 saturated carbocycles. The van der Waals surface area contributed by atoms with Gasteiger partial charge in [0.15, 0.2) is 0 Å². The molecule has 0 unspecified atom stereocenters. The summed E-state index contributed by atoms with van der Waals surface area (Å²) in [5, 5.41) is 3.00. The number of nitrogens with one attached hydrogen (secondary N) is 1. The molecule has 0 saturated heterocycles. The lowest BCUT2D eigenvalue weighted by molar-refractivity contribution is 0.0696. The van der Waals surface area contributed by atoms with Crippen molar-refractivity contribution in [1.29, 1.82) is 0 Å². The van der Waals surface area contributed by atoms with Gasteiger partial charge >= 0.3 is 0 Å². The molecule has 1 N–H and O–H groups in total. The van der Waals surface area contributed by atoms with Gasteiger partial charge in [0, 0.05) is 31.4 Å². The highest BCUT2D eigenvalue weighted by Crippen LogP contribution is 2.23. The lowest BCUT2D eigenvalue weighted by Gasteiger charge is -2.31. The predicted molar refractivity (Wildman–Crippen MR) is 77.5 cm³/mol. The van der Waals surface area contributed by atoms with Crippen molar-refractivity contribution < 1.29 is 4.79 Å². The van der Waals surface area contributed by atoms with E-state index in [-0.39, 0.29) is 5.91 Å². The zero-order chi connectivity index (χ0) is 13.8. The highest BCUT2D eigenvalue weighted by atomic mass is 16.2. The maximum Gasteiger partial charge on any atom is 0.254 e. The average molecular weight is 261 g/mol. The van der Waals surface area contributed by atoms with Gasteiger partial charge in [0.2, 0.25) is 0 Å². The molecule has 1 amide bonds. The van der Waals surface area contributed by atoms with E-state index in [1.807, 2.05) is 38.1 Å². The van der Waals surface area contributed by atoms with E-state index in [9.17, 15) is 4.79 Å². The Balaban J connectivity index is 2.15. The first-order chi connectivity index (χ1) is 9.11. The van der Waals surface area contributed by atoms with Crippen LogP contribution >= 0.6 is 0 Å². The first-order valence-corrected chi connectivity index (χ1v) is 7.05. The highest BCUT2D eigenvalue weighted by molar-refractivity contribution is 5.95. The molecule has 19 heavy (non-hydrogen) atoms. The fourth-order valence-corrected chi connectivity index (χ4v) is 2.76.